The molecule has 1 atom stereocenters. The van der Waals surface area contributed by atoms with Crippen molar-refractivity contribution in [2.75, 3.05) is 7.11 Å². The molecule has 0 aromatic carbocycles. The van der Waals surface area contributed by atoms with Crippen molar-refractivity contribution in [3.63, 3.8) is 0 Å². The van der Waals surface area contributed by atoms with Gasteiger partial charge in [-0.25, -0.2) is 9.78 Å². The first-order valence-electron chi connectivity index (χ1n) is 6.92. The van der Waals surface area contributed by atoms with Crippen LogP contribution in [0.3, 0.4) is 0 Å². The lowest BCUT2D eigenvalue weighted by Gasteiger charge is -2.40. The number of aromatic nitrogens is 1. The van der Waals surface area contributed by atoms with E-state index in [-0.39, 0.29) is 22.4 Å². The van der Waals surface area contributed by atoms with Crippen LogP contribution in [0.5, 0.6) is 0 Å². The Morgan fingerprint density at radius 3 is 2.62 bits per heavy atom. The largest absolute Gasteiger partial charge is 0.477 e. The molecule has 116 valence electrons. The summed E-state index contributed by atoms with van der Waals surface area (Å²) in [6.07, 6.45) is 3.24. The van der Waals surface area contributed by atoms with Crippen molar-refractivity contribution in [2.24, 2.45) is 0 Å². The van der Waals surface area contributed by atoms with Gasteiger partial charge in [0.1, 0.15) is 9.88 Å². The number of carbonyl (C=O) groups is 2. The van der Waals surface area contributed by atoms with Gasteiger partial charge >= 0.3 is 5.97 Å². The Balaban J connectivity index is 1.97. The normalized spacial score (nSPS) is 17.9. The molecule has 1 aliphatic rings. The minimum Gasteiger partial charge on any atom is -0.477 e. The van der Waals surface area contributed by atoms with Gasteiger partial charge in [-0.15, -0.1) is 11.3 Å². The van der Waals surface area contributed by atoms with Crippen LogP contribution < -0.4 is 5.32 Å². The summed E-state index contributed by atoms with van der Waals surface area (Å²) >= 11 is 1.10. The van der Waals surface area contributed by atoms with E-state index in [2.05, 4.69) is 10.3 Å². The summed E-state index contributed by atoms with van der Waals surface area (Å²) in [5.41, 5.74) is 0.172. The number of hydrogen-bond donors (Lipinski definition) is 2. The number of amides is 1. The lowest BCUT2D eigenvalue weighted by Crippen LogP contribution is -2.44. The number of rotatable bonds is 6. The number of methoxy groups -OCH3 is 1. The van der Waals surface area contributed by atoms with E-state index in [0.29, 0.717) is 17.1 Å². The summed E-state index contributed by atoms with van der Waals surface area (Å²) in [5.74, 6) is -1.07. The minimum atomic E-state index is -0.984. The summed E-state index contributed by atoms with van der Waals surface area (Å²) < 4.78 is 5.43. The number of ether oxygens (including phenoxy) is 1. The molecule has 6 nitrogen and oxygen atoms in total. The standard InChI is InChI=1S/C14H20N2O4S/c1-8-11(13(18)19)21-12(16-8)9(2)15-10(17)7-14(20-3)5-4-6-14/h9H,4-7H2,1-3H3,(H,15,17)(H,18,19). The van der Waals surface area contributed by atoms with Crippen molar-refractivity contribution in [3.8, 4) is 0 Å². The highest BCUT2D eigenvalue weighted by Crippen LogP contribution is 2.38. The molecule has 2 N–H and O–H groups in total. The van der Waals surface area contributed by atoms with Crippen molar-refractivity contribution in [2.45, 2.75) is 51.2 Å². The van der Waals surface area contributed by atoms with E-state index < -0.39 is 5.97 Å². The molecule has 1 amide bonds. The number of aryl methyl sites for hydroxylation is 1. The van der Waals surface area contributed by atoms with Gasteiger partial charge in [-0.1, -0.05) is 0 Å². The zero-order valence-corrected chi connectivity index (χ0v) is 13.2. The van der Waals surface area contributed by atoms with Crippen LogP contribution in [-0.4, -0.2) is 34.7 Å². The smallest absolute Gasteiger partial charge is 0.347 e. The Kier molecular flexibility index (Phi) is 4.63. The molecule has 0 bridgehead atoms. The topological polar surface area (TPSA) is 88.5 Å². The molecule has 0 spiro atoms. The Bertz CT molecular complexity index is 546. The van der Waals surface area contributed by atoms with Gasteiger partial charge < -0.3 is 15.2 Å². The summed E-state index contributed by atoms with van der Waals surface area (Å²) in [6, 6.07) is -0.303. The van der Waals surface area contributed by atoms with Crippen molar-refractivity contribution < 1.29 is 19.4 Å². The Morgan fingerprint density at radius 2 is 2.19 bits per heavy atom. The van der Waals surface area contributed by atoms with Crippen LogP contribution in [0.15, 0.2) is 0 Å². The minimum absolute atomic E-state index is 0.0891. The number of hydrogen-bond acceptors (Lipinski definition) is 5. The number of carbonyl (C=O) groups excluding carboxylic acids is 1. The van der Waals surface area contributed by atoms with Crippen LogP contribution in [0.4, 0.5) is 0 Å². The molecule has 1 saturated carbocycles. The fraction of sp³-hybridized carbons (Fsp3) is 0.643. The maximum Gasteiger partial charge on any atom is 0.347 e. The first-order chi connectivity index (χ1) is 9.87. The summed E-state index contributed by atoms with van der Waals surface area (Å²) in [7, 11) is 1.64. The van der Waals surface area contributed by atoms with Crippen molar-refractivity contribution >= 4 is 23.2 Å². The highest BCUT2D eigenvalue weighted by molar-refractivity contribution is 7.13. The van der Waals surface area contributed by atoms with Crippen LogP contribution >= 0.6 is 11.3 Å². The van der Waals surface area contributed by atoms with Gasteiger partial charge in [0.25, 0.3) is 0 Å². The maximum absolute atomic E-state index is 12.1. The Morgan fingerprint density at radius 1 is 1.52 bits per heavy atom. The van der Waals surface area contributed by atoms with Gasteiger partial charge in [-0.2, -0.15) is 0 Å². The van der Waals surface area contributed by atoms with Crippen molar-refractivity contribution in [3.05, 3.63) is 15.6 Å². The van der Waals surface area contributed by atoms with Crippen LogP contribution in [0.25, 0.3) is 0 Å². The fourth-order valence-electron chi connectivity index (χ4n) is 2.47. The quantitative estimate of drug-likeness (QED) is 0.841. The first-order valence-corrected chi connectivity index (χ1v) is 7.74. The third-order valence-corrected chi connectivity index (χ3v) is 5.26. The molecule has 7 heteroatoms. The first kappa shape index (κ1) is 15.9. The van der Waals surface area contributed by atoms with E-state index in [9.17, 15) is 9.59 Å². The second kappa shape index (κ2) is 6.11. The molecular formula is C14H20N2O4S. The van der Waals surface area contributed by atoms with E-state index in [1.165, 1.54) is 0 Å². The van der Waals surface area contributed by atoms with E-state index in [1.807, 2.05) is 6.92 Å². The predicted octanol–water partition coefficient (Wildman–Crippen LogP) is 2.29. The lowest BCUT2D eigenvalue weighted by atomic mass is 9.77. The van der Waals surface area contributed by atoms with Crippen LogP contribution in [0.2, 0.25) is 0 Å². The lowest BCUT2D eigenvalue weighted by molar-refractivity contribution is -0.134. The Hall–Kier alpha value is -1.47. The third-order valence-electron chi connectivity index (χ3n) is 3.94. The monoisotopic (exact) mass is 312 g/mol. The van der Waals surface area contributed by atoms with Gasteiger partial charge in [0.15, 0.2) is 0 Å². The average molecular weight is 312 g/mol. The molecule has 0 saturated heterocycles. The second-order valence-corrected chi connectivity index (χ2v) is 6.51. The molecule has 1 aromatic heterocycles. The third kappa shape index (κ3) is 3.41. The van der Waals surface area contributed by atoms with Gasteiger partial charge in [0, 0.05) is 7.11 Å². The molecule has 21 heavy (non-hydrogen) atoms. The highest BCUT2D eigenvalue weighted by Gasteiger charge is 2.39. The molecule has 1 fully saturated rings. The summed E-state index contributed by atoms with van der Waals surface area (Å²) in [6.45, 7) is 3.47. The number of carboxylic acid groups (broad SMARTS) is 1. The molecule has 1 heterocycles. The zero-order valence-electron chi connectivity index (χ0n) is 12.4. The summed E-state index contributed by atoms with van der Waals surface area (Å²) in [5, 5.41) is 12.5. The molecule has 1 aliphatic carbocycles. The SMILES string of the molecule is COC1(CC(=O)NC(C)c2nc(C)c(C(=O)O)s2)CCC1. The van der Waals surface area contributed by atoms with Gasteiger partial charge in [-0.05, 0) is 33.1 Å². The van der Waals surface area contributed by atoms with Gasteiger partial charge in [-0.3, -0.25) is 4.79 Å². The van der Waals surface area contributed by atoms with E-state index in [0.717, 1.165) is 30.6 Å². The number of carboxylic acids is 1. The molecule has 2 rings (SSSR count). The Labute approximate surface area is 127 Å². The fourth-order valence-corrected chi connectivity index (χ4v) is 3.38. The van der Waals surface area contributed by atoms with Crippen LogP contribution in [0, 0.1) is 6.92 Å². The highest BCUT2D eigenvalue weighted by atomic mass is 32.1. The number of aromatic carboxylic acids is 1. The van der Waals surface area contributed by atoms with E-state index >= 15 is 0 Å². The number of nitrogens with zero attached hydrogens (tertiary/aromatic N) is 1. The average Bonchev–Trinajstić information content (AvgIpc) is 2.76. The van der Waals surface area contributed by atoms with E-state index in [1.54, 1.807) is 14.0 Å². The molecule has 0 radical (unpaired) electrons. The van der Waals surface area contributed by atoms with Crippen molar-refractivity contribution in [1.29, 1.82) is 0 Å². The van der Waals surface area contributed by atoms with Crippen molar-refractivity contribution in [1.82, 2.24) is 10.3 Å². The second-order valence-electron chi connectivity index (χ2n) is 5.48. The molecule has 0 aliphatic heterocycles. The van der Waals surface area contributed by atoms with Crippen LogP contribution in [0.1, 0.15) is 59.0 Å². The molecule has 1 aromatic rings. The zero-order chi connectivity index (χ0) is 15.6. The van der Waals surface area contributed by atoms with Crippen LogP contribution in [-0.2, 0) is 9.53 Å². The van der Waals surface area contributed by atoms with E-state index in [4.69, 9.17) is 9.84 Å². The summed E-state index contributed by atoms with van der Waals surface area (Å²) in [4.78, 5) is 27.6. The van der Waals surface area contributed by atoms with Gasteiger partial charge in [0.05, 0.1) is 23.8 Å². The predicted molar refractivity (Wildman–Crippen MR) is 78.6 cm³/mol. The molecular weight excluding hydrogens is 292 g/mol. The van der Waals surface area contributed by atoms with Gasteiger partial charge in [0.2, 0.25) is 5.91 Å². The number of thiazole rings is 1. The maximum atomic E-state index is 12.1. The number of nitrogens with one attached hydrogen (secondary N) is 1. The molecule has 1 unspecified atom stereocenters.